The van der Waals surface area contributed by atoms with Crippen LogP contribution in [0.15, 0.2) is 11.6 Å². The highest BCUT2D eigenvalue weighted by Crippen LogP contribution is 2.51. The van der Waals surface area contributed by atoms with Gasteiger partial charge in [-0.2, -0.15) is 0 Å². The Morgan fingerprint density at radius 3 is 3.00 bits per heavy atom. The van der Waals surface area contributed by atoms with E-state index in [0.29, 0.717) is 0 Å². The first-order valence-electron chi connectivity index (χ1n) is 4.98. The largest absolute Gasteiger partial charge is 0.381 e. The second kappa shape index (κ2) is 3.17. The summed E-state index contributed by atoms with van der Waals surface area (Å²) in [7, 11) is 1.71. The monoisotopic (exact) mass is 196 g/mol. The van der Waals surface area contributed by atoms with E-state index >= 15 is 0 Å². The summed E-state index contributed by atoms with van der Waals surface area (Å²) < 4.78 is 10.9. The van der Waals surface area contributed by atoms with Crippen LogP contribution in [0.3, 0.4) is 0 Å². The Morgan fingerprint density at radius 2 is 2.43 bits per heavy atom. The molecule has 2 unspecified atom stereocenters. The normalized spacial score (nSPS) is 43.5. The van der Waals surface area contributed by atoms with Crippen molar-refractivity contribution in [3.63, 3.8) is 0 Å². The van der Waals surface area contributed by atoms with Gasteiger partial charge in [0.1, 0.15) is 5.60 Å². The van der Waals surface area contributed by atoms with Crippen LogP contribution >= 0.6 is 0 Å². The van der Waals surface area contributed by atoms with Gasteiger partial charge in [0.25, 0.3) is 0 Å². The molecule has 3 heteroatoms. The predicted octanol–water partition coefficient (Wildman–Crippen LogP) is 1.47. The maximum absolute atomic E-state index is 11.0. The van der Waals surface area contributed by atoms with Crippen LogP contribution in [0.25, 0.3) is 0 Å². The van der Waals surface area contributed by atoms with Crippen molar-refractivity contribution in [2.75, 3.05) is 7.11 Å². The van der Waals surface area contributed by atoms with E-state index < -0.39 is 0 Å². The van der Waals surface area contributed by atoms with Crippen LogP contribution in [0.4, 0.5) is 0 Å². The highest BCUT2D eigenvalue weighted by atomic mass is 16.6. The molecule has 0 bridgehead atoms. The summed E-state index contributed by atoms with van der Waals surface area (Å²) in [6.45, 7) is 3.63. The van der Waals surface area contributed by atoms with Crippen LogP contribution in [0.5, 0.6) is 0 Å². The van der Waals surface area contributed by atoms with E-state index in [2.05, 4.69) is 6.92 Å². The van der Waals surface area contributed by atoms with Gasteiger partial charge in [-0.15, -0.1) is 0 Å². The maximum atomic E-state index is 11.0. The number of ketones is 1. The molecular weight excluding hydrogens is 180 g/mol. The molecule has 3 atom stereocenters. The van der Waals surface area contributed by atoms with Gasteiger partial charge >= 0.3 is 0 Å². The lowest BCUT2D eigenvalue weighted by atomic mass is 9.83. The molecule has 1 aliphatic carbocycles. The first kappa shape index (κ1) is 9.87. The lowest BCUT2D eigenvalue weighted by molar-refractivity contribution is -0.112. The maximum Gasteiger partial charge on any atom is 0.152 e. The predicted molar refractivity (Wildman–Crippen MR) is 52.1 cm³/mol. The van der Waals surface area contributed by atoms with E-state index in [1.165, 1.54) is 0 Å². The fourth-order valence-electron chi connectivity index (χ4n) is 2.21. The lowest BCUT2D eigenvalue weighted by Gasteiger charge is -2.24. The number of carbonyl (C=O) groups excluding carboxylic acids is 1. The molecule has 14 heavy (non-hydrogen) atoms. The van der Waals surface area contributed by atoms with Crippen LogP contribution in [0.1, 0.15) is 26.7 Å². The smallest absolute Gasteiger partial charge is 0.152 e. The second-order valence-corrected chi connectivity index (χ2v) is 4.29. The van der Waals surface area contributed by atoms with Gasteiger partial charge < -0.3 is 9.47 Å². The van der Waals surface area contributed by atoms with E-state index in [9.17, 15) is 4.79 Å². The lowest BCUT2D eigenvalue weighted by Crippen LogP contribution is -2.29. The molecule has 1 saturated carbocycles. The standard InChI is InChI=1S/C11H16O3/c1-7(12)4-8-5-9(13-3)6-10-11(8,2)14-10/h4,9-10H,5-6H2,1-3H3/b8-4+/t9?,10?,11-/m1/s1. The number of rotatable bonds is 2. The number of ether oxygens (including phenoxy) is 2. The summed E-state index contributed by atoms with van der Waals surface area (Å²) in [5.41, 5.74) is 0.925. The van der Waals surface area contributed by atoms with Crippen molar-refractivity contribution < 1.29 is 14.3 Å². The van der Waals surface area contributed by atoms with E-state index in [4.69, 9.17) is 9.47 Å². The van der Waals surface area contributed by atoms with Crippen molar-refractivity contribution in [1.29, 1.82) is 0 Å². The van der Waals surface area contributed by atoms with Gasteiger partial charge in [-0.05, 0) is 31.9 Å². The second-order valence-electron chi connectivity index (χ2n) is 4.29. The van der Waals surface area contributed by atoms with Gasteiger partial charge in [-0.1, -0.05) is 0 Å². The molecule has 2 rings (SSSR count). The summed E-state index contributed by atoms with van der Waals surface area (Å²) in [5.74, 6) is 0.0900. The van der Waals surface area contributed by atoms with Crippen molar-refractivity contribution in [2.24, 2.45) is 0 Å². The number of carbonyl (C=O) groups is 1. The third kappa shape index (κ3) is 1.51. The minimum atomic E-state index is -0.166. The van der Waals surface area contributed by atoms with Gasteiger partial charge in [-0.3, -0.25) is 4.79 Å². The molecule has 0 N–H and O–H groups in total. The van der Waals surface area contributed by atoms with Gasteiger partial charge in [0, 0.05) is 13.5 Å². The minimum Gasteiger partial charge on any atom is -0.381 e. The minimum absolute atomic E-state index is 0.0900. The number of epoxide rings is 1. The zero-order chi connectivity index (χ0) is 10.3. The van der Waals surface area contributed by atoms with Crippen LogP contribution in [0.2, 0.25) is 0 Å². The van der Waals surface area contributed by atoms with Crippen molar-refractivity contribution in [3.8, 4) is 0 Å². The topological polar surface area (TPSA) is 38.8 Å². The number of hydrogen-bond acceptors (Lipinski definition) is 3. The molecule has 1 heterocycles. The van der Waals surface area contributed by atoms with Crippen LogP contribution in [0, 0.1) is 0 Å². The van der Waals surface area contributed by atoms with Crippen LogP contribution < -0.4 is 0 Å². The fourth-order valence-corrected chi connectivity index (χ4v) is 2.21. The molecule has 3 nitrogen and oxygen atoms in total. The quantitative estimate of drug-likeness (QED) is 0.496. The first-order valence-corrected chi connectivity index (χ1v) is 4.98. The molecule has 0 radical (unpaired) electrons. The Kier molecular flexibility index (Phi) is 2.24. The Balaban J connectivity index is 2.18. The van der Waals surface area contributed by atoms with Gasteiger partial charge in [-0.25, -0.2) is 0 Å². The molecule has 2 fully saturated rings. The summed E-state index contributed by atoms with van der Waals surface area (Å²) in [6.07, 6.45) is 3.93. The molecule has 0 spiro atoms. The van der Waals surface area contributed by atoms with Crippen molar-refractivity contribution in [2.45, 2.75) is 44.5 Å². The zero-order valence-electron chi connectivity index (χ0n) is 8.87. The Labute approximate surface area is 84.1 Å². The third-order valence-electron chi connectivity index (χ3n) is 3.22. The highest BCUT2D eigenvalue weighted by Gasteiger charge is 2.58. The Bertz CT molecular complexity index is 295. The molecule has 0 amide bonds. The molecule has 2 aliphatic rings. The average molecular weight is 196 g/mol. The Hall–Kier alpha value is -0.670. The van der Waals surface area contributed by atoms with E-state index in [1.54, 1.807) is 20.1 Å². The molecule has 0 aromatic carbocycles. The summed E-state index contributed by atoms with van der Waals surface area (Å²) >= 11 is 0. The fraction of sp³-hybridized carbons (Fsp3) is 0.727. The van der Waals surface area contributed by atoms with Crippen LogP contribution in [-0.2, 0) is 14.3 Å². The Morgan fingerprint density at radius 1 is 1.71 bits per heavy atom. The van der Waals surface area contributed by atoms with E-state index in [0.717, 1.165) is 18.4 Å². The first-order chi connectivity index (χ1) is 6.56. The molecule has 0 aromatic rings. The number of methoxy groups -OCH3 is 1. The summed E-state index contributed by atoms with van der Waals surface area (Å²) in [6, 6.07) is 0. The van der Waals surface area contributed by atoms with E-state index in [1.807, 2.05) is 0 Å². The van der Waals surface area contributed by atoms with Crippen molar-refractivity contribution in [1.82, 2.24) is 0 Å². The molecular formula is C11H16O3. The SMILES string of the molecule is COC1C/C(=C\C(C)=O)[C@@]2(C)OC2C1. The summed E-state index contributed by atoms with van der Waals surface area (Å²) in [5, 5.41) is 0. The molecule has 78 valence electrons. The number of hydrogen-bond donors (Lipinski definition) is 0. The molecule has 1 saturated heterocycles. The molecule has 1 aliphatic heterocycles. The molecule has 0 aromatic heterocycles. The van der Waals surface area contributed by atoms with Crippen LogP contribution in [-0.4, -0.2) is 30.7 Å². The highest BCUT2D eigenvalue weighted by molar-refractivity contribution is 5.88. The third-order valence-corrected chi connectivity index (χ3v) is 3.22. The number of fused-ring (bicyclic) bond motifs is 1. The van der Waals surface area contributed by atoms with Gasteiger partial charge in [0.2, 0.25) is 0 Å². The van der Waals surface area contributed by atoms with Crippen molar-refractivity contribution >= 4 is 5.78 Å². The average Bonchev–Trinajstić information content (AvgIpc) is 2.76. The van der Waals surface area contributed by atoms with Crippen molar-refractivity contribution in [3.05, 3.63) is 11.6 Å². The van der Waals surface area contributed by atoms with Gasteiger partial charge in [0.15, 0.2) is 5.78 Å². The zero-order valence-corrected chi connectivity index (χ0v) is 8.87. The number of allylic oxidation sites excluding steroid dienone is 1. The van der Waals surface area contributed by atoms with E-state index in [-0.39, 0.29) is 23.6 Å². The van der Waals surface area contributed by atoms with Gasteiger partial charge in [0.05, 0.1) is 12.2 Å². The summed E-state index contributed by atoms with van der Waals surface area (Å²) in [4.78, 5) is 11.0.